The summed E-state index contributed by atoms with van der Waals surface area (Å²) in [5, 5.41) is 2.31. The highest BCUT2D eigenvalue weighted by Gasteiger charge is 2.24. The van der Waals surface area contributed by atoms with Crippen molar-refractivity contribution in [2.75, 3.05) is 12.8 Å². The summed E-state index contributed by atoms with van der Waals surface area (Å²) in [5.41, 5.74) is 5.24. The van der Waals surface area contributed by atoms with E-state index in [0.717, 1.165) is 12.1 Å². The van der Waals surface area contributed by atoms with Crippen molar-refractivity contribution >= 4 is 37.5 Å². The van der Waals surface area contributed by atoms with Crippen molar-refractivity contribution in [1.29, 1.82) is 0 Å². The van der Waals surface area contributed by atoms with Crippen molar-refractivity contribution in [2.45, 2.75) is 17.9 Å². The number of halogens is 2. The number of amides is 1. The van der Waals surface area contributed by atoms with E-state index in [1.807, 2.05) is 0 Å². The minimum atomic E-state index is -4.02. The molecule has 0 radical (unpaired) electrons. The maximum absolute atomic E-state index is 13.2. The number of benzene rings is 1. The Kier molecular flexibility index (Phi) is 4.88. The van der Waals surface area contributed by atoms with Crippen LogP contribution in [-0.4, -0.2) is 27.4 Å². The minimum Gasteiger partial charge on any atom is -0.398 e. The second-order valence-electron chi connectivity index (χ2n) is 3.76. The molecule has 0 saturated heterocycles. The largest absolute Gasteiger partial charge is 0.398 e. The molecule has 0 spiro atoms. The van der Waals surface area contributed by atoms with Gasteiger partial charge in [-0.1, -0.05) is 0 Å². The van der Waals surface area contributed by atoms with Crippen molar-refractivity contribution in [1.82, 2.24) is 10.0 Å². The highest BCUT2D eigenvalue weighted by molar-refractivity contribution is 9.10. The minimum absolute atomic E-state index is 0.0327. The topological polar surface area (TPSA) is 101 Å². The fourth-order valence-corrected chi connectivity index (χ4v) is 3.18. The lowest BCUT2D eigenvalue weighted by Crippen LogP contribution is -2.43. The van der Waals surface area contributed by atoms with Gasteiger partial charge in [-0.2, -0.15) is 4.72 Å². The third kappa shape index (κ3) is 3.64. The maximum atomic E-state index is 13.2. The number of nitrogens with one attached hydrogen (secondary N) is 2. The first-order chi connectivity index (χ1) is 8.69. The van der Waals surface area contributed by atoms with E-state index in [0.29, 0.717) is 0 Å². The molecule has 0 aliphatic rings. The number of carbonyl (C=O) groups excluding carboxylic acids is 1. The normalized spacial score (nSPS) is 13.1. The number of hydrogen-bond acceptors (Lipinski definition) is 4. The molecule has 19 heavy (non-hydrogen) atoms. The first kappa shape index (κ1) is 15.9. The van der Waals surface area contributed by atoms with Gasteiger partial charge in [0.2, 0.25) is 15.9 Å². The molecule has 1 rings (SSSR count). The highest BCUT2D eigenvalue weighted by atomic mass is 79.9. The standard InChI is InChI=1S/C10H13BrFN3O3S/c1-5(10(16)14-2)15-19(17,18)9-3-6(11)7(12)4-8(9)13/h3-5,15H,13H2,1-2H3,(H,14,16). The zero-order valence-electron chi connectivity index (χ0n) is 10.2. The highest BCUT2D eigenvalue weighted by Crippen LogP contribution is 2.26. The Balaban J connectivity index is 3.14. The van der Waals surface area contributed by atoms with Crippen LogP contribution in [0.25, 0.3) is 0 Å². The van der Waals surface area contributed by atoms with Gasteiger partial charge >= 0.3 is 0 Å². The molecular formula is C10H13BrFN3O3S. The van der Waals surface area contributed by atoms with Gasteiger partial charge in [0.05, 0.1) is 16.2 Å². The number of likely N-dealkylation sites (N-methyl/N-ethyl adjacent to an activating group) is 1. The number of nitrogens with two attached hydrogens (primary N) is 1. The van der Waals surface area contributed by atoms with E-state index in [1.54, 1.807) is 0 Å². The third-order valence-electron chi connectivity index (χ3n) is 2.31. The molecule has 0 aliphatic heterocycles. The van der Waals surface area contributed by atoms with E-state index >= 15 is 0 Å². The van der Waals surface area contributed by atoms with Gasteiger partial charge in [0.1, 0.15) is 10.7 Å². The molecule has 0 bridgehead atoms. The van der Waals surface area contributed by atoms with Crippen LogP contribution in [-0.2, 0) is 14.8 Å². The number of nitrogen functional groups attached to an aromatic ring is 1. The molecule has 6 nitrogen and oxygen atoms in total. The van der Waals surface area contributed by atoms with Crippen LogP contribution in [0.1, 0.15) is 6.92 Å². The Hall–Kier alpha value is -1.19. The summed E-state index contributed by atoms with van der Waals surface area (Å²) in [5.74, 6) is -1.17. The van der Waals surface area contributed by atoms with Crippen molar-refractivity contribution < 1.29 is 17.6 Å². The second kappa shape index (κ2) is 5.85. The Morgan fingerprint density at radius 2 is 2.05 bits per heavy atom. The van der Waals surface area contributed by atoms with Crippen LogP contribution in [0.15, 0.2) is 21.5 Å². The molecule has 9 heteroatoms. The number of sulfonamides is 1. The molecule has 1 aromatic rings. The Morgan fingerprint density at radius 1 is 1.47 bits per heavy atom. The van der Waals surface area contributed by atoms with E-state index < -0.39 is 27.8 Å². The maximum Gasteiger partial charge on any atom is 0.243 e. The van der Waals surface area contributed by atoms with Gasteiger partial charge < -0.3 is 11.1 Å². The van der Waals surface area contributed by atoms with Crippen LogP contribution in [0.4, 0.5) is 10.1 Å². The molecule has 1 unspecified atom stereocenters. The summed E-state index contributed by atoms with van der Waals surface area (Å²) in [6.07, 6.45) is 0. The molecule has 1 amide bonds. The van der Waals surface area contributed by atoms with Crippen LogP contribution >= 0.6 is 15.9 Å². The first-order valence-electron chi connectivity index (χ1n) is 5.17. The SMILES string of the molecule is CNC(=O)C(C)NS(=O)(=O)c1cc(Br)c(F)cc1N. The molecule has 106 valence electrons. The zero-order valence-corrected chi connectivity index (χ0v) is 12.6. The smallest absolute Gasteiger partial charge is 0.243 e. The summed E-state index contributed by atoms with van der Waals surface area (Å²) in [6, 6.07) is 0.963. The monoisotopic (exact) mass is 353 g/mol. The van der Waals surface area contributed by atoms with Crippen molar-refractivity contribution in [3.8, 4) is 0 Å². The molecule has 0 aliphatic carbocycles. The van der Waals surface area contributed by atoms with E-state index in [4.69, 9.17) is 5.73 Å². The number of carbonyl (C=O) groups is 1. The molecule has 0 fully saturated rings. The van der Waals surface area contributed by atoms with E-state index in [9.17, 15) is 17.6 Å². The lowest BCUT2D eigenvalue weighted by atomic mass is 10.3. The van der Waals surface area contributed by atoms with Crippen molar-refractivity contribution in [3.05, 3.63) is 22.4 Å². The number of hydrogen-bond donors (Lipinski definition) is 3. The van der Waals surface area contributed by atoms with Gasteiger partial charge in [0, 0.05) is 7.05 Å². The molecule has 0 heterocycles. The number of anilines is 1. The summed E-state index contributed by atoms with van der Waals surface area (Å²) in [7, 11) is -2.63. The third-order valence-corrected chi connectivity index (χ3v) is 4.52. The summed E-state index contributed by atoms with van der Waals surface area (Å²) in [6.45, 7) is 1.38. The fraction of sp³-hybridized carbons (Fsp3) is 0.300. The average Bonchev–Trinajstić information content (AvgIpc) is 2.31. The predicted octanol–water partition coefficient (Wildman–Crippen LogP) is 0.583. The van der Waals surface area contributed by atoms with Crippen LogP contribution < -0.4 is 15.8 Å². The van der Waals surface area contributed by atoms with Gasteiger partial charge in [-0.25, -0.2) is 12.8 Å². The quantitative estimate of drug-likeness (QED) is 0.689. The number of rotatable bonds is 4. The molecular weight excluding hydrogens is 341 g/mol. The predicted molar refractivity (Wildman–Crippen MR) is 72.4 cm³/mol. The lowest BCUT2D eigenvalue weighted by Gasteiger charge is -2.14. The summed E-state index contributed by atoms with van der Waals surface area (Å²) >= 11 is 2.88. The first-order valence-corrected chi connectivity index (χ1v) is 7.45. The van der Waals surface area contributed by atoms with Gasteiger partial charge in [-0.3, -0.25) is 4.79 Å². The van der Waals surface area contributed by atoms with Crippen LogP contribution in [0.2, 0.25) is 0 Å². The molecule has 4 N–H and O–H groups in total. The second-order valence-corrected chi connectivity index (χ2v) is 6.30. The van der Waals surface area contributed by atoms with Crippen molar-refractivity contribution in [2.24, 2.45) is 0 Å². The van der Waals surface area contributed by atoms with E-state index in [-0.39, 0.29) is 15.1 Å². The summed E-state index contributed by atoms with van der Waals surface area (Å²) < 4.78 is 39.4. The van der Waals surface area contributed by atoms with E-state index in [2.05, 4.69) is 26.0 Å². The Bertz CT molecular complexity index is 606. The zero-order chi connectivity index (χ0) is 14.8. The Morgan fingerprint density at radius 3 is 2.58 bits per heavy atom. The molecule has 1 atom stereocenters. The van der Waals surface area contributed by atoms with Crippen molar-refractivity contribution in [3.63, 3.8) is 0 Å². The van der Waals surface area contributed by atoms with Gasteiger partial charge in [-0.05, 0) is 35.0 Å². The van der Waals surface area contributed by atoms with Gasteiger partial charge in [0.15, 0.2) is 0 Å². The van der Waals surface area contributed by atoms with Crippen LogP contribution in [0, 0.1) is 5.82 Å². The van der Waals surface area contributed by atoms with Gasteiger partial charge in [0.25, 0.3) is 0 Å². The molecule has 0 aromatic heterocycles. The van der Waals surface area contributed by atoms with E-state index in [1.165, 1.54) is 14.0 Å². The fourth-order valence-electron chi connectivity index (χ4n) is 1.34. The average molecular weight is 354 g/mol. The molecule has 1 aromatic carbocycles. The summed E-state index contributed by atoms with van der Waals surface area (Å²) in [4.78, 5) is 11.0. The lowest BCUT2D eigenvalue weighted by molar-refractivity contribution is -0.121. The van der Waals surface area contributed by atoms with Crippen LogP contribution in [0.3, 0.4) is 0 Å². The Labute approximate surface area is 118 Å². The van der Waals surface area contributed by atoms with Crippen LogP contribution in [0.5, 0.6) is 0 Å². The molecule has 0 saturated carbocycles. The van der Waals surface area contributed by atoms with Gasteiger partial charge in [-0.15, -0.1) is 0 Å².